The summed E-state index contributed by atoms with van der Waals surface area (Å²) in [5, 5.41) is 10.1. The van der Waals surface area contributed by atoms with Crippen LogP contribution in [0.15, 0.2) is 54.6 Å². The lowest BCUT2D eigenvalue weighted by Gasteiger charge is -2.17. The number of ether oxygens (including phenoxy) is 1. The molecule has 2 aromatic carbocycles. The van der Waals surface area contributed by atoms with E-state index in [-0.39, 0.29) is 12.4 Å². The number of aliphatic hydroxyl groups is 1. The highest BCUT2D eigenvalue weighted by molar-refractivity contribution is 6.08. The van der Waals surface area contributed by atoms with Gasteiger partial charge in [-0.15, -0.1) is 0 Å². The molecule has 1 aliphatic rings. The van der Waals surface area contributed by atoms with E-state index in [1.807, 2.05) is 30.3 Å². The lowest BCUT2D eigenvalue weighted by atomic mass is 10.0. The largest absolute Gasteiger partial charge is 0.491 e. The summed E-state index contributed by atoms with van der Waals surface area (Å²) < 4.78 is 5.64. The lowest BCUT2D eigenvalue weighted by Crippen LogP contribution is -3.11. The second-order valence-corrected chi connectivity index (χ2v) is 6.35. The van der Waals surface area contributed by atoms with Crippen LogP contribution in [0, 0.1) is 0 Å². The van der Waals surface area contributed by atoms with Gasteiger partial charge in [-0.1, -0.05) is 30.3 Å². The van der Waals surface area contributed by atoms with Crippen LogP contribution in [0.4, 0.5) is 0 Å². The van der Waals surface area contributed by atoms with Gasteiger partial charge in [0.05, 0.1) is 13.1 Å². The van der Waals surface area contributed by atoms with Gasteiger partial charge in [0, 0.05) is 24.0 Å². The van der Waals surface area contributed by atoms with Crippen molar-refractivity contribution in [1.29, 1.82) is 0 Å². The molecule has 0 aliphatic carbocycles. The zero-order valence-corrected chi connectivity index (χ0v) is 13.8. The van der Waals surface area contributed by atoms with Crippen molar-refractivity contribution in [1.82, 2.24) is 0 Å². The standard InChI is InChI=1S/C20H23NO3/c22-18(14-21-12-4-5-13-21)15-24-19-10-8-17(9-11-19)20(23)16-6-2-1-3-7-16/h1-3,6-11,18,22H,4-5,12-15H2/p+1/t18-/m0/s1. The second-order valence-electron chi connectivity index (χ2n) is 6.35. The Balaban J connectivity index is 1.52. The molecule has 0 saturated carbocycles. The molecule has 3 rings (SSSR count). The molecule has 1 atom stereocenters. The minimum Gasteiger partial charge on any atom is -0.491 e. The first-order valence-corrected chi connectivity index (χ1v) is 8.56. The Morgan fingerprint density at radius 2 is 1.62 bits per heavy atom. The van der Waals surface area contributed by atoms with E-state index in [4.69, 9.17) is 4.74 Å². The van der Waals surface area contributed by atoms with Crippen molar-refractivity contribution in [2.45, 2.75) is 18.9 Å². The summed E-state index contributed by atoms with van der Waals surface area (Å²) in [6.45, 7) is 3.32. The van der Waals surface area contributed by atoms with Crippen LogP contribution in [0.1, 0.15) is 28.8 Å². The Bertz CT molecular complexity index is 648. The first-order valence-electron chi connectivity index (χ1n) is 8.56. The maximum absolute atomic E-state index is 12.3. The van der Waals surface area contributed by atoms with E-state index in [1.165, 1.54) is 17.7 Å². The van der Waals surface area contributed by atoms with Gasteiger partial charge in [-0.2, -0.15) is 0 Å². The van der Waals surface area contributed by atoms with E-state index < -0.39 is 6.10 Å². The number of carbonyl (C=O) groups is 1. The molecule has 24 heavy (non-hydrogen) atoms. The van der Waals surface area contributed by atoms with Gasteiger partial charge in [0.2, 0.25) is 0 Å². The van der Waals surface area contributed by atoms with Gasteiger partial charge in [0.15, 0.2) is 5.78 Å². The quantitative estimate of drug-likeness (QED) is 0.755. The Hall–Kier alpha value is -2.17. The molecule has 0 bridgehead atoms. The molecule has 0 aromatic heterocycles. The predicted molar refractivity (Wildman–Crippen MR) is 92.6 cm³/mol. The molecule has 4 heteroatoms. The average molecular weight is 326 g/mol. The molecular formula is C20H24NO3+. The van der Waals surface area contributed by atoms with Gasteiger partial charge in [0.25, 0.3) is 0 Å². The van der Waals surface area contributed by atoms with Crippen LogP contribution < -0.4 is 9.64 Å². The molecule has 1 fully saturated rings. The number of nitrogens with one attached hydrogen (secondary N) is 1. The van der Waals surface area contributed by atoms with Gasteiger partial charge >= 0.3 is 0 Å². The minimum absolute atomic E-state index is 0.000168. The highest BCUT2D eigenvalue weighted by atomic mass is 16.5. The molecule has 0 unspecified atom stereocenters. The van der Waals surface area contributed by atoms with Crippen LogP contribution in [-0.4, -0.2) is 43.2 Å². The maximum atomic E-state index is 12.3. The average Bonchev–Trinajstić information content (AvgIpc) is 3.13. The summed E-state index contributed by atoms with van der Waals surface area (Å²) in [6.07, 6.45) is 2.04. The number of hydrogen-bond acceptors (Lipinski definition) is 3. The van der Waals surface area contributed by atoms with Crippen LogP contribution in [0.3, 0.4) is 0 Å². The molecule has 2 aromatic rings. The fourth-order valence-electron chi connectivity index (χ4n) is 3.12. The van der Waals surface area contributed by atoms with Crippen LogP contribution in [-0.2, 0) is 0 Å². The van der Waals surface area contributed by atoms with Crippen LogP contribution in [0.5, 0.6) is 5.75 Å². The molecule has 0 amide bonds. The van der Waals surface area contributed by atoms with E-state index >= 15 is 0 Å². The number of carbonyl (C=O) groups excluding carboxylic acids is 1. The van der Waals surface area contributed by atoms with Crippen LogP contribution in [0.2, 0.25) is 0 Å². The van der Waals surface area contributed by atoms with E-state index in [9.17, 15) is 9.90 Å². The van der Waals surface area contributed by atoms with E-state index in [1.54, 1.807) is 24.3 Å². The third kappa shape index (κ3) is 4.43. The van der Waals surface area contributed by atoms with E-state index in [0.29, 0.717) is 16.9 Å². The predicted octanol–water partition coefficient (Wildman–Crippen LogP) is 1.34. The monoisotopic (exact) mass is 326 g/mol. The first-order chi connectivity index (χ1) is 11.7. The molecule has 1 aliphatic heterocycles. The lowest BCUT2D eigenvalue weighted by molar-refractivity contribution is -0.890. The van der Waals surface area contributed by atoms with Crippen molar-refractivity contribution in [2.24, 2.45) is 0 Å². The third-order valence-corrected chi connectivity index (χ3v) is 4.43. The van der Waals surface area contributed by atoms with Gasteiger partial charge in [-0.3, -0.25) is 4.79 Å². The van der Waals surface area contributed by atoms with Crippen molar-refractivity contribution in [3.05, 3.63) is 65.7 Å². The number of hydrogen-bond donors (Lipinski definition) is 2. The summed E-state index contributed by atoms with van der Waals surface area (Å²) in [6, 6.07) is 16.3. The molecular weight excluding hydrogens is 302 g/mol. The number of rotatable bonds is 7. The molecule has 1 heterocycles. The maximum Gasteiger partial charge on any atom is 0.193 e. The molecule has 0 radical (unpaired) electrons. The van der Waals surface area contributed by atoms with Gasteiger partial charge in [-0.05, 0) is 24.3 Å². The molecule has 1 saturated heterocycles. The fourth-order valence-corrected chi connectivity index (χ4v) is 3.12. The van der Waals surface area contributed by atoms with Crippen molar-refractivity contribution < 1.29 is 19.5 Å². The smallest absolute Gasteiger partial charge is 0.193 e. The summed E-state index contributed by atoms with van der Waals surface area (Å²) in [5.74, 6) is 0.676. The highest BCUT2D eigenvalue weighted by Crippen LogP contribution is 2.15. The van der Waals surface area contributed by atoms with Crippen molar-refractivity contribution in [2.75, 3.05) is 26.2 Å². The van der Waals surface area contributed by atoms with Gasteiger partial charge in [-0.25, -0.2) is 0 Å². The molecule has 4 nitrogen and oxygen atoms in total. The summed E-state index contributed by atoms with van der Waals surface area (Å²) >= 11 is 0. The molecule has 0 spiro atoms. The number of aliphatic hydroxyl groups excluding tert-OH is 1. The first kappa shape index (κ1) is 16.7. The number of ketones is 1. The SMILES string of the molecule is O=C(c1ccccc1)c1ccc(OC[C@@H](O)C[NH+]2CCCC2)cc1. The van der Waals surface area contributed by atoms with Gasteiger partial charge < -0.3 is 14.7 Å². The second kappa shape index (κ2) is 8.08. The fraction of sp³-hybridized carbons (Fsp3) is 0.350. The topological polar surface area (TPSA) is 51.0 Å². The van der Waals surface area contributed by atoms with E-state index in [2.05, 4.69) is 0 Å². The summed E-state index contributed by atoms with van der Waals surface area (Å²) in [5.41, 5.74) is 1.31. The van der Waals surface area contributed by atoms with Crippen molar-refractivity contribution in [3.63, 3.8) is 0 Å². The Labute approximate surface area is 142 Å². The zero-order valence-electron chi connectivity index (χ0n) is 13.8. The minimum atomic E-state index is -0.455. The highest BCUT2D eigenvalue weighted by Gasteiger charge is 2.19. The Morgan fingerprint density at radius 1 is 1.00 bits per heavy atom. The molecule has 2 N–H and O–H groups in total. The third-order valence-electron chi connectivity index (χ3n) is 4.43. The number of quaternary nitrogens is 1. The number of likely N-dealkylation sites (tertiary alicyclic amines) is 1. The van der Waals surface area contributed by atoms with Crippen molar-refractivity contribution >= 4 is 5.78 Å². The van der Waals surface area contributed by atoms with E-state index in [0.717, 1.165) is 19.6 Å². The van der Waals surface area contributed by atoms with Crippen LogP contribution >= 0.6 is 0 Å². The normalized spacial score (nSPS) is 16.0. The zero-order chi connectivity index (χ0) is 16.8. The Kier molecular flexibility index (Phi) is 5.62. The molecule has 126 valence electrons. The van der Waals surface area contributed by atoms with Gasteiger partial charge in [0.1, 0.15) is 25.0 Å². The van der Waals surface area contributed by atoms with Crippen molar-refractivity contribution in [3.8, 4) is 5.75 Å². The summed E-state index contributed by atoms with van der Waals surface area (Å²) in [7, 11) is 0. The van der Waals surface area contributed by atoms with Crippen LogP contribution in [0.25, 0.3) is 0 Å². The number of benzene rings is 2. The Morgan fingerprint density at radius 3 is 2.29 bits per heavy atom. The summed E-state index contributed by atoms with van der Waals surface area (Å²) in [4.78, 5) is 13.8.